The number of piperidine rings is 2. The summed E-state index contributed by atoms with van der Waals surface area (Å²) in [6.07, 6.45) is 5.45. The third-order valence-electron chi connectivity index (χ3n) is 6.96. The second-order valence-corrected chi connectivity index (χ2v) is 8.67. The lowest BCUT2D eigenvalue weighted by Crippen LogP contribution is -2.52. The fraction of sp³-hybridized carbons (Fsp3) is 0.682. The number of nitrogens with zero attached hydrogens (tertiary/aromatic N) is 3. The molecule has 0 bridgehead atoms. The topological polar surface area (TPSA) is 47.0 Å². The highest BCUT2D eigenvalue weighted by molar-refractivity contribution is 5.84. The fourth-order valence-corrected chi connectivity index (χ4v) is 5.33. The molecule has 1 N–H and O–H groups in total. The maximum absolute atomic E-state index is 13.0. The Kier molecular flexibility index (Phi) is 5.42. The van der Waals surface area contributed by atoms with Crippen LogP contribution >= 0.6 is 0 Å². The third-order valence-corrected chi connectivity index (χ3v) is 6.96. The molecule has 5 heteroatoms. The summed E-state index contributed by atoms with van der Waals surface area (Å²) in [5, 5.41) is 9.25. The Morgan fingerprint density at radius 1 is 1.07 bits per heavy atom. The Balaban J connectivity index is 1.35. The van der Waals surface area contributed by atoms with Gasteiger partial charge in [0, 0.05) is 44.5 Å². The lowest BCUT2D eigenvalue weighted by Gasteiger charge is -2.41. The molecule has 1 amide bonds. The molecule has 1 aromatic rings. The van der Waals surface area contributed by atoms with Crippen molar-refractivity contribution in [3.05, 3.63) is 29.8 Å². The molecule has 1 spiro atoms. The summed E-state index contributed by atoms with van der Waals surface area (Å²) in [4.78, 5) is 20.0. The average Bonchev–Trinajstić information content (AvgIpc) is 3.12. The maximum Gasteiger partial charge on any atom is 0.230 e. The molecule has 1 atom stereocenters. The van der Waals surface area contributed by atoms with E-state index in [0.29, 0.717) is 18.5 Å². The molecule has 148 valence electrons. The molecule has 3 saturated heterocycles. The van der Waals surface area contributed by atoms with E-state index in [4.69, 9.17) is 0 Å². The summed E-state index contributed by atoms with van der Waals surface area (Å²) in [5.74, 6) is 0.294. The highest BCUT2D eigenvalue weighted by atomic mass is 16.3. The Morgan fingerprint density at radius 3 is 2.52 bits per heavy atom. The van der Waals surface area contributed by atoms with Gasteiger partial charge in [0.05, 0.1) is 12.0 Å². The van der Waals surface area contributed by atoms with Crippen molar-refractivity contribution >= 4 is 11.6 Å². The fourth-order valence-electron chi connectivity index (χ4n) is 5.33. The number of β-amino-alcohol motifs (C(OH)–C–C–N with tert-alkyl or cyclic N) is 1. The first-order valence-corrected chi connectivity index (χ1v) is 10.6. The van der Waals surface area contributed by atoms with Crippen LogP contribution in [-0.2, 0) is 4.79 Å². The number of anilines is 1. The van der Waals surface area contributed by atoms with E-state index in [1.165, 1.54) is 24.1 Å². The van der Waals surface area contributed by atoms with Gasteiger partial charge in [0.1, 0.15) is 0 Å². The zero-order chi connectivity index (χ0) is 18.9. The quantitative estimate of drug-likeness (QED) is 0.882. The molecule has 0 aromatic heterocycles. The van der Waals surface area contributed by atoms with Crippen molar-refractivity contribution < 1.29 is 9.90 Å². The zero-order valence-electron chi connectivity index (χ0n) is 16.6. The first kappa shape index (κ1) is 18.8. The van der Waals surface area contributed by atoms with Gasteiger partial charge in [-0.25, -0.2) is 0 Å². The van der Waals surface area contributed by atoms with Crippen molar-refractivity contribution in [1.29, 1.82) is 0 Å². The predicted molar refractivity (Wildman–Crippen MR) is 108 cm³/mol. The average molecular weight is 372 g/mol. The van der Waals surface area contributed by atoms with Gasteiger partial charge < -0.3 is 14.9 Å². The van der Waals surface area contributed by atoms with Crippen molar-refractivity contribution in [3.63, 3.8) is 0 Å². The van der Waals surface area contributed by atoms with Crippen LogP contribution < -0.4 is 4.90 Å². The van der Waals surface area contributed by atoms with Crippen LogP contribution in [0, 0.1) is 12.3 Å². The maximum atomic E-state index is 13.0. The smallest absolute Gasteiger partial charge is 0.230 e. The molecule has 27 heavy (non-hydrogen) atoms. The predicted octanol–water partition coefficient (Wildman–Crippen LogP) is 2.27. The van der Waals surface area contributed by atoms with Gasteiger partial charge in [0.2, 0.25) is 5.91 Å². The molecule has 3 heterocycles. The number of carbonyl (C=O) groups is 1. The lowest BCUT2D eigenvalue weighted by molar-refractivity contribution is -0.146. The molecule has 3 aliphatic rings. The molecule has 1 unspecified atom stereocenters. The monoisotopic (exact) mass is 371 g/mol. The molecule has 1 aromatic carbocycles. The van der Waals surface area contributed by atoms with Crippen LogP contribution in [0.15, 0.2) is 24.3 Å². The van der Waals surface area contributed by atoms with E-state index >= 15 is 0 Å². The van der Waals surface area contributed by atoms with Crippen LogP contribution in [0.4, 0.5) is 5.69 Å². The Bertz CT molecular complexity index is 652. The van der Waals surface area contributed by atoms with Crippen molar-refractivity contribution in [2.45, 2.75) is 45.1 Å². The molecule has 0 radical (unpaired) electrons. The van der Waals surface area contributed by atoms with Crippen LogP contribution in [0.3, 0.4) is 0 Å². The SMILES string of the molecule is Cc1ccc(N2CCC(N3CCC4(CCCN(CCO)C4=O)C3)CC2)cc1. The Morgan fingerprint density at radius 2 is 1.81 bits per heavy atom. The van der Waals surface area contributed by atoms with E-state index in [0.717, 1.165) is 52.0 Å². The van der Waals surface area contributed by atoms with E-state index < -0.39 is 0 Å². The summed E-state index contributed by atoms with van der Waals surface area (Å²) in [6.45, 7) is 7.68. The molecule has 3 aliphatic heterocycles. The Hall–Kier alpha value is -1.59. The second-order valence-electron chi connectivity index (χ2n) is 8.67. The van der Waals surface area contributed by atoms with Crippen molar-refractivity contribution in [3.8, 4) is 0 Å². The number of benzene rings is 1. The van der Waals surface area contributed by atoms with E-state index in [-0.39, 0.29) is 12.0 Å². The van der Waals surface area contributed by atoms with Crippen LogP contribution in [0.1, 0.15) is 37.7 Å². The molecule has 0 aliphatic carbocycles. The van der Waals surface area contributed by atoms with Crippen molar-refractivity contribution in [2.24, 2.45) is 5.41 Å². The number of likely N-dealkylation sites (tertiary alicyclic amines) is 2. The summed E-state index contributed by atoms with van der Waals surface area (Å²) < 4.78 is 0. The summed E-state index contributed by atoms with van der Waals surface area (Å²) in [5.41, 5.74) is 2.46. The first-order chi connectivity index (χ1) is 13.1. The second kappa shape index (κ2) is 7.80. The van der Waals surface area contributed by atoms with Crippen LogP contribution in [0.2, 0.25) is 0 Å². The number of rotatable bonds is 4. The van der Waals surface area contributed by atoms with Gasteiger partial charge in [-0.05, 0) is 57.7 Å². The number of aryl methyl sites for hydroxylation is 1. The van der Waals surface area contributed by atoms with Crippen LogP contribution in [-0.4, -0.2) is 72.7 Å². The molecule has 4 rings (SSSR count). The zero-order valence-corrected chi connectivity index (χ0v) is 16.6. The molecular formula is C22H33N3O2. The highest BCUT2D eigenvalue weighted by Crippen LogP contribution is 2.41. The first-order valence-electron chi connectivity index (χ1n) is 10.6. The molecule has 3 fully saturated rings. The number of aliphatic hydroxyl groups excluding tert-OH is 1. The Labute approximate surface area is 162 Å². The number of amides is 1. The standard InChI is InChI=1S/C22H33N3O2/c1-18-3-5-19(6-4-18)23-12-7-20(8-13-23)25-14-10-22(17-25)9-2-11-24(15-16-26)21(22)27/h3-6,20,26H,2,7-17H2,1H3. The van der Waals surface area contributed by atoms with Gasteiger partial charge in [-0.2, -0.15) is 0 Å². The van der Waals surface area contributed by atoms with Crippen molar-refractivity contribution in [2.75, 3.05) is 50.8 Å². The third kappa shape index (κ3) is 3.72. The van der Waals surface area contributed by atoms with Crippen LogP contribution in [0.5, 0.6) is 0 Å². The summed E-state index contributed by atoms with van der Waals surface area (Å²) >= 11 is 0. The summed E-state index contributed by atoms with van der Waals surface area (Å²) in [6, 6.07) is 9.46. The number of carbonyl (C=O) groups excluding carboxylic acids is 1. The molecule has 0 saturated carbocycles. The van der Waals surface area contributed by atoms with Crippen molar-refractivity contribution in [1.82, 2.24) is 9.80 Å². The minimum Gasteiger partial charge on any atom is -0.395 e. The minimum absolute atomic E-state index is 0.0724. The van der Waals surface area contributed by atoms with E-state index in [1.54, 1.807) is 0 Å². The van der Waals surface area contributed by atoms with Gasteiger partial charge in [0.25, 0.3) is 0 Å². The number of hydrogen-bond acceptors (Lipinski definition) is 4. The minimum atomic E-state index is -0.179. The number of aliphatic hydroxyl groups is 1. The van der Waals surface area contributed by atoms with E-state index in [1.807, 2.05) is 4.90 Å². The van der Waals surface area contributed by atoms with E-state index in [2.05, 4.69) is 41.0 Å². The number of hydrogen-bond donors (Lipinski definition) is 1. The molecular weight excluding hydrogens is 338 g/mol. The summed E-state index contributed by atoms with van der Waals surface area (Å²) in [7, 11) is 0. The largest absolute Gasteiger partial charge is 0.395 e. The normalized spacial score (nSPS) is 27.7. The lowest BCUT2D eigenvalue weighted by atomic mass is 9.78. The van der Waals surface area contributed by atoms with Gasteiger partial charge in [0.15, 0.2) is 0 Å². The van der Waals surface area contributed by atoms with Gasteiger partial charge >= 0.3 is 0 Å². The van der Waals surface area contributed by atoms with Gasteiger partial charge in [-0.15, -0.1) is 0 Å². The van der Waals surface area contributed by atoms with Gasteiger partial charge in [-0.3, -0.25) is 9.69 Å². The van der Waals surface area contributed by atoms with E-state index in [9.17, 15) is 9.90 Å². The van der Waals surface area contributed by atoms with Crippen LogP contribution in [0.25, 0.3) is 0 Å². The highest BCUT2D eigenvalue weighted by Gasteiger charge is 2.49. The molecule has 5 nitrogen and oxygen atoms in total. The van der Waals surface area contributed by atoms with Gasteiger partial charge in [-0.1, -0.05) is 17.7 Å².